The molecule has 7 heteroatoms. The summed E-state index contributed by atoms with van der Waals surface area (Å²) < 4.78 is 55.6. The van der Waals surface area contributed by atoms with Gasteiger partial charge in [-0.05, 0) is 68.5 Å². The number of benzene rings is 2. The van der Waals surface area contributed by atoms with Crippen molar-refractivity contribution in [3.05, 3.63) is 70.0 Å². The molecule has 1 saturated carbocycles. The van der Waals surface area contributed by atoms with Gasteiger partial charge < -0.3 is 4.84 Å². The molecule has 0 atom stereocenters. The highest BCUT2D eigenvalue weighted by Crippen LogP contribution is 2.41. The minimum absolute atomic E-state index is 0.0374. The van der Waals surface area contributed by atoms with E-state index in [0.717, 1.165) is 51.6 Å². The van der Waals surface area contributed by atoms with Crippen molar-refractivity contribution in [1.82, 2.24) is 4.90 Å². The molecular weight excluding hydrogens is 432 g/mol. The summed E-state index contributed by atoms with van der Waals surface area (Å²) in [6, 6.07) is 9.44. The van der Waals surface area contributed by atoms with Crippen LogP contribution in [0.2, 0.25) is 0 Å². The molecule has 4 rings (SSSR count). The zero-order valence-electron chi connectivity index (χ0n) is 18.9. The van der Waals surface area contributed by atoms with E-state index in [4.69, 9.17) is 4.84 Å². The molecule has 1 heterocycles. The predicted octanol–water partition coefficient (Wildman–Crippen LogP) is 7.04. The second kappa shape index (κ2) is 10.2. The van der Waals surface area contributed by atoms with E-state index in [1.54, 1.807) is 31.2 Å². The zero-order valence-corrected chi connectivity index (χ0v) is 18.9. The highest BCUT2D eigenvalue weighted by atomic mass is 19.4. The maximum absolute atomic E-state index is 14.4. The summed E-state index contributed by atoms with van der Waals surface area (Å²) in [5.74, 6) is -0.327. The van der Waals surface area contributed by atoms with Gasteiger partial charge in [-0.2, -0.15) is 13.2 Å². The van der Waals surface area contributed by atoms with Crippen molar-refractivity contribution in [2.75, 3.05) is 13.1 Å². The number of hydrogen-bond acceptors (Lipinski definition) is 3. The lowest BCUT2D eigenvalue weighted by Crippen LogP contribution is -2.36. The second-order valence-electron chi connectivity index (χ2n) is 9.14. The van der Waals surface area contributed by atoms with Crippen molar-refractivity contribution in [3.8, 4) is 0 Å². The molecule has 0 spiro atoms. The van der Waals surface area contributed by atoms with E-state index in [2.05, 4.69) is 10.1 Å². The molecule has 3 nitrogen and oxygen atoms in total. The highest BCUT2D eigenvalue weighted by Gasteiger charge is 2.35. The summed E-state index contributed by atoms with van der Waals surface area (Å²) in [7, 11) is 0. The average molecular weight is 463 g/mol. The second-order valence-corrected chi connectivity index (χ2v) is 9.14. The van der Waals surface area contributed by atoms with Gasteiger partial charge in [-0.3, -0.25) is 4.90 Å². The van der Waals surface area contributed by atoms with Crippen molar-refractivity contribution in [2.24, 2.45) is 5.16 Å². The van der Waals surface area contributed by atoms with Gasteiger partial charge in [-0.1, -0.05) is 48.7 Å². The molecule has 178 valence electrons. The minimum Gasteiger partial charge on any atom is -0.391 e. The third kappa shape index (κ3) is 5.94. The molecule has 33 heavy (non-hydrogen) atoms. The lowest BCUT2D eigenvalue weighted by molar-refractivity contribution is -0.138. The van der Waals surface area contributed by atoms with E-state index in [1.165, 1.54) is 12.1 Å². The average Bonchev–Trinajstić information content (AvgIpc) is 2.77. The minimum atomic E-state index is -4.41. The molecule has 1 aliphatic carbocycles. The van der Waals surface area contributed by atoms with Gasteiger partial charge in [0.15, 0.2) is 0 Å². The standard InChI is InChI=1S/C26H30F4N2O/c1-18(21-9-10-22(25(27)15-21)16-32-12-5-13-32)31-33-17-19-8-11-23(20-6-3-2-4-7-20)24(14-19)26(28,29)30/h8-11,14-15,20H,2-7,12-13,16-17H2,1H3. The van der Waals surface area contributed by atoms with Crippen LogP contribution >= 0.6 is 0 Å². The smallest absolute Gasteiger partial charge is 0.391 e. The fourth-order valence-electron chi connectivity index (χ4n) is 4.65. The maximum Gasteiger partial charge on any atom is 0.416 e. The van der Waals surface area contributed by atoms with E-state index >= 15 is 0 Å². The largest absolute Gasteiger partial charge is 0.416 e. The molecule has 0 N–H and O–H groups in total. The van der Waals surface area contributed by atoms with E-state index in [1.807, 2.05) is 0 Å². The number of halogens is 4. The summed E-state index contributed by atoms with van der Waals surface area (Å²) >= 11 is 0. The topological polar surface area (TPSA) is 24.8 Å². The summed E-state index contributed by atoms with van der Waals surface area (Å²) in [5.41, 5.74) is 1.93. The van der Waals surface area contributed by atoms with Crippen molar-refractivity contribution in [2.45, 2.75) is 70.7 Å². The molecular formula is C26H30F4N2O. The Morgan fingerprint density at radius 2 is 1.79 bits per heavy atom. The van der Waals surface area contributed by atoms with E-state index in [9.17, 15) is 17.6 Å². The molecule has 2 aliphatic rings. The molecule has 2 aromatic carbocycles. The van der Waals surface area contributed by atoms with E-state index in [0.29, 0.717) is 34.5 Å². The summed E-state index contributed by atoms with van der Waals surface area (Å²) in [6.07, 6.45) is 1.38. The third-order valence-corrected chi connectivity index (χ3v) is 6.71. The molecule has 0 bridgehead atoms. The monoisotopic (exact) mass is 462 g/mol. The van der Waals surface area contributed by atoms with Crippen LogP contribution in [0.4, 0.5) is 17.6 Å². The normalized spacial score (nSPS) is 18.3. The fraction of sp³-hybridized carbons (Fsp3) is 0.500. The zero-order chi connectivity index (χ0) is 23.4. The Morgan fingerprint density at radius 3 is 2.42 bits per heavy atom. The Morgan fingerprint density at radius 1 is 1.03 bits per heavy atom. The van der Waals surface area contributed by atoms with Crippen LogP contribution < -0.4 is 0 Å². The van der Waals surface area contributed by atoms with Crippen molar-refractivity contribution < 1.29 is 22.4 Å². The SMILES string of the molecule is CC(=NOCc1ccc(C2CCCCC2)c(C(F)(F)F)c1)c1ccc(CN2CCC2)c(F)c1. The molecule has 0 aromatic heterocycles. The summed E-state index contributed by atoms with van der Waals surface area (Å²) in [5, 5.41) is 4.01. The van der Waals surface area contributed by atoms with E-state index in [-0.39, 0.29) is 18.3 Å². The van der Waals surface area contributed by atoms with Gasteiger partial charge in [0, 0.05) is 17.7 Å². The molecule has 0 radical (unpaired) electrons. The van der Waals surface area contributed by atoms with Crippen molar-refractivity contribution in [3.63, 3.8) is 0 Å². The first-order valence-electron chi connectivity index (χ1n) is 11.7. The fourth-order valence-corrected chi connectivity index (χ4v) is 4.65. The third-order valence-electron chi connectivity index (χ3n) is 6.71. The van der Waals surface area contributed by atoms with Gasteiger partial charge >= 0.3 is 6.18 Å². The van der Waals surface area contributed by atoms with Crippen LogP contribution in [0.1, 0.15) is 79.2 Å². The Hall–Kier alpha value is -2.41. The van der Waals surface area contributed by atoms with Crippen LogP contribution in [0.15, 0.2) is 41.6 Å². The number of rotatable bonds is 7. The number of hydrogen-bond donors (Lipinski definition) is 0. The first-order chi connectivity index (χ1) is 15.8. The van der Waals surface area contributed by atoms with Crippen LogP contribution in [0.3, 0.4) is 0 Å². The van der Waals surface area contributed by atoms with Crippen LogP contribution in [-0.2, 0) is 24.2 Å². The number of oxime groups is 1. The van der Waals surface area contributed by atoms with Gasteiger partial charge in [0.25, 0.3) is 0 Å². The van der Waals surface area contributed by atoms with Gasteiger partial charge in [0.1, 0.15) is 12.4 Å². The molecule has 0 unspecified atom stereocenters. The van der Waals surface area contributed by atoms with Crippen LogP contribution in [0.25, 0.3) is 0 Å². The van der Waals surface area contributed by atoms with Crippen molar-refractivity contribution >= 4 is 5.71 Å². The Labute approximate surface area is 192 Å². The molecule has 1 saturated heterocycles. The molecule has 2 fully saturated rings. The molecule has 1 aliphatic heterocycles. The van der Waals surface area contributed by atoms with Crippen molar-refractivity contribution in [1.29, 1.82) is 0 Å². The van der Waals surface area contributed by atoms with Gasteiger partial charge in [-0.15, -0.1) is 0 Å². The number of likely N-dealkylation sites (tertiary alicyclic amines) is 1. The summed E-state index contributed by atoms with van der Waals surface area (Å²) in [6.45, 7) is 4.19. The molecule has 2 aromatic rings. The number of alkyl halides is 3. The summed E-state index contributed by atoms with van der Waals surface area (Å²) in [4.78, 5) is 7.52. The van der Waals surface area contributed by atoms with Crippen LogP contribution in [0.5, 0.6) is 0 Å². The van der Waals surface area contributed by atoms with Gasteiger partial charge in [-0.25, -0.2) is 4.39 Å². The van der Waals surface area contributed by atoms with Crippen LogP contribution in [0, 0.1) is 5.82 Å². The Kier molecular flexibility index (Phi) is 7.37. The van der Waals surface area contributed by atoms with E-state index < -0.39 is 11.7 Å². The van der Waals surface area contributed by atoms with Gasteiger partial charge in [0.2, 0.25) is 0 Å². The Bertz CT molecular complexity index is 992. The molecule has 0 amide bonds. The van der Waals surface area contributed by atoms with Crippen LogP contribution in [-0.4, -0.2) is 23.7 Å². The lowest BCUT2D eigenvalue weighted by atomic mass is 9.81. The highest BCUT2D eigenvalue weighted by molar-refractivity contribution is 5.98. The first kappa shape index (κ1) is 23.7. The maximum atomic E-state index is 14.4. The van der Waals surface area contributed by atoms with Gasteiger partial charge in [0.05, 0.1) is 11.3 Å². The first-order valence-corrected chi connectivity index (χ1v) is 11.7. The Balaban J connectivity index is 1.42. The lowest BCUT2D eigenvalue weighted by Gasteiger charge is -2.30. The predicted molar refractivity (Wildman–Crippen MR) is 121 cm³/mol. The quantitative estimate of drug-likeness (QED) is 0.250. The number of nitrogens with zero attached hydrogens (tertiary/aromatic N) is 2.